The van der Waals surface area contributed by atoms with Crippen molar-refractivity contribution >= 4 is 16.8 Å². The van der Waals surface area contributed by atoms with Crippen molar-refractivity contribution in [1.29, 1.82) is 0 Å². The van der Waals surface area contributed by atoms with Crippen molar-refractivity contribution in [3.8, 4) is 33.8 Å². The monoisotopic (exact) mass is 595 g/mol. The van der Waals surface area contributed by atoms with E-state index in [1.807, 2.05) is 0 Å². The Hall–Kier alpha value is -5.58. The van der Waals surface area contributed by atoms with Crippen LogP contribution in [0.3, 0.4) is 0 Å². The molecule has 2 aromatic carbocycles. The molecule has 0 aliphatic rings. The maximum absolute atomic E-state index is 13.4. The number of ketones is 1. The van der Waals surface area contributed by atoms with Gasteiger partial charge in [-0.25, -0.2) is 14.1 Å². The molecule has 8 nitrogen and oxygen atoms in total. The van der Waals surface area contributed by atoms with Crippen molar-refractivity contribution in [2.24, 2.45) is 0 Å². The number of pyridine rings is 3. The van der Waals surface area contributed by atoms with Crippen LogP contribution in [0.1, 0.15) is 33.9 Å². The fourth-order valence-electron chi connectivity index (χ4n) is 4.97. The van der Waals surface area contributed by atoms with Gasteiger partial charge in [0.05, 0.1) is 17.3 Å². The molecule has 11 heteroatoms. The largest absolute Gasteiger partial charge is 0.455 e. The summed E-state index contributed by atoms with van der Waals surface area (Å²) in [6.07, 6.45) is 5.57. The number of carbonyl (C=O) groups is 1. The van der Waals surface area contributed by atoms with Gasteiger partial charge in [-0.3, -0.25) is 14.6 Å². The van der Waals surface area contributed by atoms with Gasteiger partial charge in [-0.15, -0.1) is 0 Å². The molecule has 220 valence electrons. The fraction of sp³-hybridized carbons (Fsp3) is 0.121. The van der Waals surface area contributed by atoms with Crippen LogP contribution in [0.2, 0.25) is 0 Å². The number of nitrogens with zero attached hydrogens (tertiary/aromatic N) is 4. The molecule has 0 saturated heterocycles. The highest BCUT2D eigenvalue weighted by atomic mass is 19.3. The molecule has 0 aliphatic carbocycles. The lowest BCUT2D eigenvalue weighted by molar-refractivity contribution is 0.0566. The van der Waals surface area contributed by atoms with Gasteiger partial charge in [-0.1, -0.05) is 24.3 Å². The third kappa shape index (κ3) is 5.59. The van der Waals surface area contributed by atoms with Gasteiger partial charge in [0.25, 0.3) is 0 Å². The molecule has 0 radical (unpaired) electrons. The Morgan fingerprint density at radius 1 is 1.02 bits per heavy atom. The van der Waals surface area contributed by atoms with E-state index in [0.717, 1.165) is 0 Å². The van der Waals surface area contributed by atoms with Crippen molar-refractivity contribution in [2.45, 2.75) is 26.8 Å². The van der Waals surface area contributed by atoms with Crippen LogP contribution in [-0.2, 0) is 6.42 Å². The van der Waals surface area contributed by atoms with Gasteiger partial charge in [0.1, 0.15) is 17.1 Å². The smallest absolute Gasteiger partial charge is 0.333 e. The van der Waals surface area contributed by atoms with E-state index in [1.54, 1.807) is 56.4 Å². The van der Waals surface area contributed by atoms with Gasteiger partial charge in [-0.05, 0) is 55.3 Å². The van der Waals surface area contributed by atoms with Crippen molar-refractivity contribution < 1.29 is 22.7 Å². The lowest BCUT2D eigenvalue weighted by Crippen LogP contribution is -2.20. The molecular weight excluding hydrogens is 571 g/mol. The third-order valence-electron chi connectivity index (χ3n) is 7.21. The predicted molar refractivity (Wildman–Crippen MR) is 158 cm³/mol. The zero-order valence-corrected chi connectivity index (χ0v) is 23.5. The number of H-pyrrole nitrogens is 1. The van der Waals surface area contributed by atoms with E-state index in [0.29, 0.717) is 66.4 Å². The number of aromatic nitrogens is 5. The van der Waals surface area contributed by atoms with Crippen LogP contribution < -0.4 is 10.2 Å². The molecule has 44 heavy (non-hydrogen) atoms. The first-order valence-corrected chi connectivity index (χ1v) is 13.5. The van der Waals surface area contributed by atoms with E-state index in [1.165, 1.54) is 42.9 Å². The number of carbonyl (C=O) groups excluding carboxylic acids is 1. The quantitative estimate of drug-likeness (QED) is 0.187. The highest BCUT2D eigenvalue weighted by molar-refractivity contribution is 5.98. The molecule has 6 rings (SSSR count). The number of nitrogens with one attached hydrogen (secondary N) is 1. The minimum Gasteiger partial charge on any atom is -0.455 e. The molecule has 4 aromatic heterocycles. The molecular formula is C33H24F3N5O3. The Balaban J connectivity index is 1.21. The molecule has 0 bridgehead atoms. The second-order valence-corrected chi connectivity index (χ2v) is 10.2. The first-order chi connectivity index (χ1) is 21.2. The first-order valence-electron chi connectivity index (χ1n) is 13.5. The Morgan fingerprint density at radius 3 is 2.48 bits per heavy atom. The molecule has 0 spiro atoms. The van der Waals surface area contributed by atoms with Gasteiger partial charge in [0.15, 0.2) is 17.0 Å². The number of aromatic amines is 1. The number of rotatable bonds is 8. The first kappa shape index (κ1) is 28.5. The lowest BCUT2D eigenvalue weighted by Gasteiger charge is -2.11. The molecule has 0 aliphatic heterocycles. The standard InChI is InChI=1S/C33H24F3N5O3/c1-18-25(22-15-39-41(17-22)33(35)36)14-27-31(40-18)29(11-12-37-27)44-24-9-3-20(4-10-24)13-28(42)26-16-38-19(2)30(32(26)43)21-5-7-23(34)8-6-21/h3-12,14-17,33H,13H2,1-2H3,(H,38,43). The lowest BCUT2D eigenvalue weighted by atomic mass is 9.98. The number of hydrogen-bond acceptors (Lipinski definition) is 6. The maximum atomic E-state index is 13.4. The van der Waals surface area contributed by atoms with Crippen LogP contribution in [0.15, 0.2) is 90.2 Å². The fourth-order valence-corrected chi connectivity index (χ4v) is 4.97. The summed E-state index contributed by atoms with van der Waals surface area (Å²) in [7, 11) is 0. The van der Waals surface area contributed by atoms with E-state index in [-0.39, 0.29) is 17.8 Å². The summed E-state index contributed by atoms with van der Waals surface area (Å²) in [5.41, 5.74) is 4.40. The molecule has 0 unspecified atom stereocenters. The maximum Gasteiger partial charge on any atom is 0.333 e. The number of aryl methyl sites for hydroxylation is 2. The number of alkyl halides is 2. The van der Waals surface area contributed by atoms with Crippen LogP contribution in [0.5, 0.6) is 11.5 Å². The SMILES string of the molecule is Cc1nc2c(Oc3ccc(CC(=O)c4c[nH]c(C)c(-c5ccc(F)cc5)c4=O)cc3)ccnc2cc1-c1cnn(C(F)F)c1. The van der Waals surface area contributed by atoms with Crippen LogP contribution in [-0.4, -0.2) is 30.5 Å². The van der Waals surface area contributed by atoms with Crippen LogP contribution in [0.25, 0.3) is 33.3 Å². The van der Waals surface area contributed by atoms with Crippen molar-refractivity contribution in [1.82, 2.24) is 24.7 Å². The Morgan fingerprint density at radius 2 is 1.77 bits per heavy atom. The summed E-state index contributed by atoms with van der Waals surface area (Å²) in [6.45, 7) is 0.741. The third-order valence-corrected chi connectivity index (χ3v) is 7.21. The minimum absolute atomic E-state index is 0.0147. The second-order valence-electron chi connectivity index (χ2n) is 10.2. The van der Waals surface area contributed by atoms with E-state index in [2.05, 4.69) is 20.1 Å². The summed E-state index contributed by atoms with van der Waals surface area (Å²) in [5.74, 6) is 0.148. The van der Waals surface area contributed by atoms with Crippen molar-refractivity contribution in [2.75, 3.05) is 0 Å². The molecule has 0 fully saturated rings. The number of fused-ring (bicyclic) bond motifs is 1. The van der Waals surface area contributed by atoms with Crippen LogP contribution in [0.4, 0.5) is 13.2 Å². The summed E-state index contributed by atoms with van der Waals surface area (Å²) < 4.78 is 46.1. The van der Waals surface area contributed by atoms with Gasteiger partial charge >= 0.3 is 6.55 Å². The highest BCUT2D eigenvalue weighted by Gasteiger charge is 2.18. The molecule has 0 atom stereocenters. The van der Waals surface area contributed by atoms with Crippen molar-refractivity contribution in [3.63, 3.8) is 0 Å². The number of hydrogen-bond donors (Lipinski definition) is 1. The highest BCUT2D eigenvalue weighted by Crippen LogP contribution is 2.32. The van der Waals surface area contributed by atoms with E-state index < -0.39 is 17.8 Å². The topological polar surface area (TPSA) is 103 Å². The zero-order valence-electron chi connectivity index (χ0n) is 23.5. The normalized spacial score (nSPS) is 11.3. The van der Waals surface area contributed by atoms with Gasteiger partial charge in [-0.2, -0.15) is 13.9 Å². The summed E-state index contributed by atoms with van der Waals surface area (Å²) >= 11 is 0. The number of benzene rings is 2. The Bertz CT molecular complexity index is 2070. The molecule has 0 saturated carbocycles. The minimum atomic E-state index is -2.74. The number of halogens is 3. The summed E-state index contributed by atoms with van der Waals surface area (Å²) in [6, 6.07) is 15.9. The van der Waals surface area contributed by atoms with Gasteiger partial charge in [0, 0.05) is 59.2 Å². The van der Waals surface area contributed by atoms with Gasteiger partial charge in [0.2, 0.25) is 0 Å². The van der Waals surface area contributed by atoms with Gasteiger partial charge < -0.3 is 9.72 Å². The average molecular weight is 596 g/mol. The predicted octanol–water partition coefficient (Wildman–Crippen LogP) is 7.22. The Labute approximate surface area is 248 Å². The molecule has 0 amide bonds. The van der Waals surface area contributed by atoms with E-state index >= 15 is 0 Å². The van der Waals surface area contributed by atoms with Crippen molar-refractivity contribution in [3.05, 3.63) is 124 Å². The summed E-state index contributed by atoms with van der Waals surface area (Å²) in [5, 5.41) is 3.70. The number of ether oxygens (including phenoxy) is 1. The molecule has 1 N–H and O–H groups in total. The van der Waals surface area contributed by atoms with Crippen LogP contribution in [0, 0.1) is 19.7 Å². The zero-order chi connectivity index (χ0) is 31.0. The molecule has 4 heterocycles. The van der Waals surface area contributed by atoms with E-state index in [4.69, 9.17) is 4.74 Å². The second kappa shape index (κ2) is 11.6. The summed E-state index contributed by atoms with van der Waals surface area (Å²) in [4.78, 5) is 38.3. The Kier molecular flexibility index (Phi) is 7.52. The molecule has 6 aromatic rings. The average Bonchev–Trinajstić information content (AvgIpc) is 3.50. The van der Waals surface area contributed by atoms with Crippen LogP contribution >= 0.6 is 0 Å². The number of Topliss-reactive ketones (excluding diaryl/α,β-unsaturated/α-hetero) is 1. The van der Waals surface area contributed by atoms with E-state index in [9.17, 15) is 22.8 Å².